The van der Waals surface area contributed by atoms with Gasteiger partial charge in [0.05, 0.1) is 12.4 Å². The minimum Gasteiger partial charge on any atom is -0.159 e. The molecule has 124 valence electrons. The third-order valence-corrected chi connectivity index (χ3v) is 3.97. The maximum absolute atomic E-state index is 4.13. The third kappa shape index (κ3) is 6.33. The van der Waals surface area contributed by atoms with Crippen LogP contribution in [-0.2, 0) is 12.8 Å². The zero-order valence-electron chi connectivity index (χ0n) is 14.5. The highest BCUT2D eigenvalue weighted by Crippen LogP contribution is 2.08. The Bertz CT molecular complexity index is 664. The van der Waals surface area contributed by atoms with Crippen LogP contribution in [0.15, 0.2) is 71.4 Å². The van der Waals surface area contributed by atoms with Crippen LogP contribution >= 0.6 is 0 Å². The van der Waals surface area contributed by atoms with E-state index < -0.39 is 0 Å². The maximum atomic E-state index is 4.13. The average Bonchev–Trinajstić information content (AvgIpc) is 2.64. The highest BCUT2D eigenvalue weighted by molar-refractivity contribution is 5.82. The fraction of sp³-hybridized carbons (Fsp3) is 0.273. The number of rotatable bonds is 9. The Kier molecular flexibility index (Phi) is 7.69. The van der Waals surface area contributed by atoms with Gasteiger partial charge in [-0.3, -0.25) is 0 Å². The van der Waals surface area contributed by atoms with E-state index in [0.29, 0.717) is 0 Å². The molecule has 0 unspecified atom stereocenters. The SMILES string of the molecule is C=CCCCCc1ccc(C=NN=Cc2ccc(CC)cc2)cc1. The fourth-order valence-electron chi connectivity index (χ4n) is 2.43. The lowest BCUT2D eigenvalue weighted by molar-refractivity contribution is 0.748. The van der Waals surface area contributed by atoms with Gasteiger partial charge in [0.2, 0.25) is 0 Å². The molecule has 0 aromatic heterocycles. The molecule has 0 radical (unpaired) electrons. The highest BCUT2D eigenvalue weighted by atomic mass is 15.2. The Hall–Kier alpha value is -2.48. The predicted octanol–water partition coefficient (Wildman–Crippen LogP) is 5.60. The van der Waals surface area contributed by atoms with E-state index in [4.69, 9.17) is 0 Å². The van der Waals surface area contributed by atoms with Crippen LogP contribution in [0.1, 0.15) is 48.4 Å². The molecule has 2 aromatic rings. The van der Waals surface area contributed by atoms with Gasteiger partial charge in [0.25, 0.3) is 0 Å². The summed E-state index contributed by atoms with van der Waals surface area (Å²) in [6, 6.07) is 16.9. The van der Waals surface area contributed by atoms with Crippen molar-refractivity contribution in [3.05, 3.63) is 83.4 Å². The van der Waals surface area contributed by atoms with Gasteiger partial charge in [-0.2, -0.15) is 10.2 Å². The van der Waals surface area contributed by atoms with Crippen molar-refractivity contribution in [1.29, 1.82) is 0 Å². The molecule has 2 aromatic carbocycles. The van der Waals surface area contributed by atoms with E-state index in [9.17, 15) is 0 Å². The number of hydrogen-bond acceptors (Lipinski definition) is 2. The average molecular weight is 318 g/mol. The number of nitrogens with zero attached hydrogens (tertiary/aromatic N) is 2. The van der Waals surface area contributed by atoms with Gasteiger partial charge >= 0.3 is 0 Å². The third-order valence-electron chi connectivity index (χ3n) is 3.97. The summed E-state index contributed by atoms with van der Waals surface area (Å²) in [6.45, 7) is 5.91. The van der Waals surface area contributed by atoms with E-state index in [-0.39, 0.29) is 0 Å². The molecule has 0 spiro atoms. The van der Waals surface area contributed by atoms with Gasteiger partial charge in [0.1, 0.15) is 0 Å². The molecule has 24 heavy (non-hydrogen) atoms. The zero-order valence-corrected chi connectivity index (χ0v) is 14.5. The van der Waals surface area contributed by atoms with E-state index in [0.717, 1.165) is 30.4 Å². The Morgan fingerprint density at radius 1 is 0.792 bits per heavy atom. The standard InChI is InChI=1S/C22H26N2/c1-3-5-6-7-8-20-11-15-22(16-12-20)18-24-23-17-21-13-9-19(4-2)10-14-21/h3,9-18H,1,4-8H2,2H3. The highest BCUT2D eigenvalue weighted by Gasteiger charge is 1.94. The minimum absolute atomic E-state index is 1.06. The van der Waals surface area contributed by atoms with Gasteiger partial charge in [0, 0.05) is 0 Å². The first kappa shape index (κ1) is 17.9. The van der Waals surface area contributed by atoms with Gasteiger partial charge in [-0.25, -0.2) is 0 Å². The zero-order chi connectivity index (χ0) is 17.0. The largest absolute Gasteiger partial charge is 0.159 e. The van der Waals surface area contributed by atoms with Crippen molar-refractivity contribution in [1.82, 2.24) is 0 Å². The molecule has 0 fully saturated rings. The molecule has 0 heterocycles. The quantitative estimate of drug-likeness (QED) is 0.249. The van der Waals surface area contributed by atoms with Gasteiger partial charge < -0.3 is 0 Å². The number of benzene rings is 2. The second kappa shape index (κ2) is 10.3. The first-order valence-electron chi connectivity index (χ1n) is 8.67. The van der Waals surface area contributed by atoms with E-state index >= 15 is 0 Å². The smallest absolute Gasteiger partial charge is 0.0568 e. The maximum Gasteiger partial charge on any atom is 0.0568 e. The summed E-state index contributed by atoms with van der Waals surface area (Å²) in [5.74, 6) is 0. The van der Waals surface area contributed by atoms with Gasteiger partial charge in [-0.15, -0.1) is 6.58 Å². The first-order chi connectivity index (χ1) is 11.8. The number of aryl methyl sites for hydroxylation is 2. The van der Waals surface area contributed by atoms with E-state index in [1.165, 1.54) is 24.0 Å². The lowest BCUT2D eigenvalue weighted by atomic mass is 10.1. The molecule has 0 aliphatic rings. The Morgan fingerprint density at radius 2 is 1.33 bits per heavy atom. The summed E-state index contributed by atoms with van der Waals surface area (Å²) in [6.07, 6.45) is 11.3. The summed E-state index contributed by atoms with van der Waals surface area (Å²) in [4.78, 5) is 0. The number of hydrogen-bond donors (Lipinski definition) is 0. The van der Waals surface area contributed by atoms with Crippen LogP contribution in [0.3, 0.4) is 0 Å². The van der Waals surface area contributed by atoms with Gasteiger partial charge in [-0.1, -0.05) is 61.5 Å². The lowest BCUT2D eigenvalue weighted by Crippen LogP contribution is -1.87. The molecule has 0 amide bonds. The van der Waals surface area contributed by atoms with Crippen molar-refractivity contribution in [3.8, 4) is 0 Å². The molecule has 2 heteroatoms. The summed E-state index contributed by atoms with van der Waals surface area (Å²) in [5, 5.41) is 8.25. The van der Waals surface area contributed by atoms with Crippen LogP contribution < -0.4 is 0 Å². The normalized spacial score (nSPS) is 11.4. The lowest BCUT2D eigenvalue weighted by Gasteiger charge is -2.00. The second-order valence-corrected chi connectivity index (χ2v) is 5.86. The molecule has 2 nitrogen and oxygen atoms in total. The van der Waals surface area contributed by atoms with Crippen LogP contribution in [0.4, 0.5) is 0 Å². The van der Waals surface area contributed by atoms with Crippen molar-refractivity contribution in [3.63, 3.8) is 0 Å². The molecule has 0 atom stereocenters. The number of allylic oxidation sites excluding steroid dienone is 1. The van der Waals surface area contributed by atoms with Crippen molar-refractivity contribution in [2.75, 3.05) is 0 Å². The van der Waals surface area contributed by atoms with Gasteiger partial charge in [-0.05, 0) is 54.4 Å². The van der Waals surface area contributed by atoms with Crippen LogP contribution in [-0.4, -0.2) is 12.4 Å². The fourth-order valence-corrected chi connectivity index (χ4v) is 2.43. The number of unbranched alkanes of at least 4 members (excludes halogenated alkanes) is 2. The van der Waals surface area contributed by atoms with Crippen molar-refractivity contribution < 1.29 is 0 Å². The first-order valence-corrected chi connectivity index (χ1v) is 8.67. The summed E-state index contributed by atoms with van der Waals surface area (Å²) in [5.41, 5.74) is 4.85. The molecular formula is C22H26N2. The Morgan fingerprint density at radius 3 is 1.83 bits per heavy atom. The second-order valence-electron chi connectivity index (χ2n) is 5.86. The molecular weight excluding hydrogens is 292 g/mol. The molecule has 0 aliphatic carbocycles. The summed E-state index contributed by atoms with van der Waals surface area (Å²) >= 11 is 0. The van der Waals surface area contributed by atoms with E-state index in [2.05, 4.69) is 72.2 Å². The monoisotopic (exact) mass is 318 g/mol. The molecule has 0 N–H and O–H groups in total. The molecule has 0 bridgehead atoms. The summed E-state index contributed by atoms with van der Waals surface area (Å²) < 4.78 is 0. The molecule has 2 rings (SSSR count). The molecule has 0 saturated carbocycles. The topological polar surface area (TPSA) is 24.7 Å². The minimum atomic E-state index is 1.06. The summed E-state index contributed by atoms with van der Waals surface area (Å²) in [7, 11) is 0. The Labute approximate surface area is 145 Å². The van der Waals surface area contributed by atoms with E-state index in [1.54, 1.807) is 12.4 Å². The molecule has 0 saturated heterocycles. The van der Waals surface area contributed by atoms with Crippen LogP contribution in [0.25, 0.3) is 0 Å². The molecule has 0 aliphatic heterocycles. The van der Waals surface area contributed by atoms with Crippen LogP contribution in [0.5, 0.6) is 0 Å². The predicted molar refractivity (Wildman–Crippen MR) is 105 cm³/mol. The van der Waals surface area contributed by atoms with Crippen LogP contribution in [0.2, 0.25) is 0 Å². The van der Waals surface area contributed by atoms with E-state index in [1.807, 2.05) is 6.08 Å². The van der Waals surface area contributed by atoms with Crippen molar-refractivity contribution >= 4 is 12.4 Å². The van der Waals surface area contributed by atoms with Crippen molar-refractivity contribution in [2.45, 2.75) is 39.0 Å². The van der Waals surface area contributed by atoms with Crippen LogP contribution in [0, 0.1) is 0 Å². The van der Waals surface area contributed by atoms with Crippen molar-refractivity contribution in [2.24, 2.45) is 10.2 Å². The Balaban J connectivity index is 1.82. The van der Waals surface area contributed by atoms with Gasteiger partial charge in [0.15, 0.2) is 0 Å².